The van der Waals surface area contributed by atoms with Crippen LogP contribution in [0.5, 0.6) is 0 Å². The van der Waals surface area contributed by atoms with Crippen LogP contribution in [0.4, 0.5) is 0 Å². The standard InChI is InChI=1S/C14H8N2S5/c17-7-1-3-9-11(15-5-19-9)13(7)21-14-8(18)2-4-10-12(14)16-6-20-10/h1-6,17-18H. The summed E-state index contributed by atoms with van der Waals surface area (Å²) in [5.41, 5.74) is 5.73. The monoisotopic (exact) mass is 364 g/mol. The van der Waals surface area contributed by atoms with Gasteiger partial charge in [-0.05, 0) is 24.3 Å². The Labute approximate surface area is 144 Å². The summed E-state index contributed by atoms with van der Waals surface area (Å²) in [5.74, 6) is 0. The predicted molar refractivity (Wildman–Crippen MR) is 97.9 cm³/mol. The van der Waals surface area contributed by atoms with E-state index in [-0.39, 0.29) is 0 Å². The van der Waals surface area contributed by atoms with E-state index in [1.807, 2.05) is 23.2 Å². The van der Waals surface area contributed by atoms with Crippen molar-refractivity contribution in [2.45, 2.75) is 19.6 Å². The number of fused-ring (bicyclic) bond motifs is 2. The third kappa shape index (κ3) is 2.37. The predicted octanol–water partition coefficient (Wildman–Crippen LogP) is 5.63. The number of thiol groups is 2. The van der Waals surface area contributed by atoms with Gasteiger partial charge >= 0.3 is 0 Å². The van der Waals surface area contributed by atoms with Crippen LogP contribution in [0.3, 0.4) is 0 Å². The minimum absolute atomic E-state index is 0.929. The average Bonchev–Trinajstić information content (AvgIpc) is 3.12. The van der Waals surface area contributed by atoms with E-state index >= 15 is 0 Å². The molecule has 0 N–H and O–H groups in total. The smallest absolute Gasteiger partial charge is 0.0962 e. The van der Waals surface area contributed by atoms with Crippen LogP contribution in [0, 0.1) is 0 Å². The van der Waals surface area contributed by atoms with Gasteiger partial charge in [-0.3, -0.25) is 0 Å². The Morgan fingerprint density at radius 2 is 1.24 bits per heavy atom. The van der Waals surface area contributed by atoms with E-state index in [0.717, 1.165) is 30.6 Å². The molecule has 0 spiro atoms. The maximum atomic E-state index is 4.59. The molecule has 4 rings (SSSR count). The zero-order valence-corrected chi connectivity index (χ0v) is 14.7. The summed E-state index contributed by atoms with van der Waals surface area (Å²) in [6, 6.07) is 8.16. The van der Waals surface area contributed by atoms with Crippen LogP contribution in [0.15, 0.2) is 54.9 Å². The van der Waals surface area contributed by atoms with Crippen LogP contribution >= 0.6 is 59.7 Å². The van der Waals surface area contributed by atoms with E-state index in [0.29, 0.717) is 0 Å². The molecule has 0 aliphatic rings. The largest absolute Gasteiger partial charge is 0.243 e. The first-order valence-corrected chi connectivity index (χ1v) is 9.49. The fraction of sp³-hybridized carbons (Fsp3) is 0. The molecular weight excluding hydrogens is 357 g/mol. The fourth-order valence-electron chi connectivity index (χ4n) is 2.09. The average molecular weight is 365 g/mol. The zero-order chi connectivity index (χ0) is 14.4. The highest BCUT2D eigenvalue weighted by atomic mass is 32.2. The van der Waals surface area contributed by atoms with Crippen molar-refractivity contribution in [3.8, 4) is 0 Å². The molecule has 2 nitrogen and oxygen atoms in total. The highest BCUT2D eigenvalue weighted by Gasteiger charge is 2.15. The van der Waals surface area contributed by atoms with Crippen molar-refractivity contribution in [3.05, 3.63) is 35.3 Å². The van der Waals surface area contributed by atoms with Crippen LogP contribution in [-0.4, -0.2) is 9.97 Å². The molecule has 4 aromatic rings. The Kier molecular flexibility index (Phi) is 3.63. The van der Waals surface area contributed by atoms with E-state index in [9.17, 15) is 0 Å². The molecule has 21 heavy (non-hydrogen) atoms. The first-order valence-electron chi connectivity index (χ1n) is 6.02. The molecule has 0 aliphatic heterocycles. The number of hydrogen-bond acceptors (Lipinski definition) is 7. The van der Waals surface area contributed by atoms with E-state index in [1.54, 1.807) is 34.4 Å². The second kappa shape index (κ2) is 5.48. The highest BCUT2D eigenvalue weighted by Crippen LogP contribution is 2.43. The Morgan fingerprint density at radius 1 is 0.762 bits per heavy atom. The van der Waals surface area contributed by atoms with Gasteiger partial charge in [-0.2, -0.15) is 0 Å². The van der Waals surface area contributed by atoms with E-state index in [4.69, 9.17) is 0 Å². The Balaban J connectivity index is 1.94. The Bertz CT molecular complexity index is 878. The summed E-state index contributed by atoms with van der Waals surface area (Å²) >= 11 is 14.1. The quantitative estimate of drug-likeness (QED) is 0.451. The second-order valence-electron chi connectivity index (χ2n) is 4.33. The van der Waals surface area contributed by atoms with E-state index < -0.39 is 0 Å². The second-order valence-corrected chi connectivity index (χ2v) is 8.08. The number of rotatable bonds is 2. The maximum Gasteiger partial charge on any atom is 0.0962 e. The molecule has 0 unspecified atom stereocenters. The van der Waals surface area contributed by atoms with E-state index in [2.05, 4.69) is 47.4 Å². The Hall–Kier alpha value is -0.730. The van der Waals surface area contributed by atoms with Crippen molar-refractivity contribution in [3.63, 3.8) is 0 Å². The van der Waals surface area contributed by atoms with Gasteiger partial charge in [0, 0.05) is 9.79 Å². The molecule has 0 radical (unpaired) electrons. The number of aromatic nitrogens is 2. The third-order valence-electron chi connectivity index (χ3n) is 3.07. The molecule has 0 saturated carbocycles. The van der Waals surface area contributed by atoms with Crippen molar-refractivity contribution < 1.29 is 0 Å². The van der Waals surface area contributed by atoms with Crippen molar-refractivity contribution in [1.82, 2.24) is 9.97 Å². The van der Waals surface area contributed by atoms with Crippen molar-refractivity contribution >= 4 is 80.1 Å². The zero-order valence-electron chi connectivity index (χ0n) is 10.5. The van der Waals surface area contributed by atoms with Crippen LogP contribution in [0.1, 0.15) is 0 Å². The van der Waals surface area contributed by atoms with Gasteiger partial charge < -0.3 is 0 Å². The lowest BCUT2D eigenvalue weighted by molar-refractivity contribution is 1.23. The number of benzene rings is 2. The number of nitrogens with zero attached hydrogens (tertiary/aromatic N) is 2. The molecule has 104 valence electrons. The topological polar surface area (TPSA) is 25.8 Å². The molecule has 0 fully saturated rings. The van der Waals surface area contributed by atoms with Crippen LogP contribution < -0.4 is 0 Å². The lowest BCUT2D eigenvalue weighted by Crippen LogP contribution is -1.83. The number of hydrogen-bond donors (Lipinski definition) is 2. The molecule has 7 heteroatoms. The molecule has 0 atom stereocenters. The molecule has 2 aromatic heterocycles. The molecule has 0 bridgehead atoms. The normalized spacial score (nSPS) is 11.5. The van der Waals surface area contributed by atoms with Gasteiger partial charge in [0.15, 0.2) is 0 Å². The van der Waals surface area contributed by atoms with Crippen molar-refractivity contribution in [2.75, 3.05) is 0 Å². The van der Waals surface area contributed by atoms with Crippen LogP contribution in [0.2, 0.25) is 0 Å². The van der Waals surface area contributed by atoms with Gasteiger partial charge in [-0.1, -0.05) is 11.8 Å². The fourth-order valence-corrected chi connectivity index (χ4v) is 5.30. The third-order valence-corrected chi connectivity index (χ3v) is 6.95. The summed E-state index contributed by atoms with van der Waals surface area (Å²) in [7, 11) is 0. The van der Waals surface area contributed by atoms with Gasteiger partial charge in [0.2, 0.25) is 0 Å². The number of thiazole rings is 2. The Morgan fingerprint density at radius 3 is 1.71 bits per heavy atom. The van der Waals surface area contributed by atoms with Gasteiger partial charge in [0.1, 0.15) is 0 Å². The van der Waals surface area contributed by atoms with Gasteiger partial charge in [-0.15, -0.1) is 47.9 Å². The summed E-state index contributed by atoms with van der Waals surface area (Å²) in [6.45, 7) is 0. The first kappa shape index (κ1) is 13.9. The molecule has 2 aromatic carbocycles. The highest BCUT2D eigenvalue weighted by molar-refractivity contribution is 8.00. The molecule has 2 heterocycles. The van der Waals surface area contributed by atoms with Gasteiger partial charge in [-0.25, -0.2) is 9.97 Å². The summed E-state index contributed by atoms with van der Waals surface area (Å²) in [4.78, 5) is 12.9. The molecule has 0 aliphatic carbocycles. The molecule has 0 amide bonds. The van der Waals surface area contributed by atoms with Gasteiger partial charge in [0.25, 0.3) is 0 Å². The summed E-state index contributed by atoms with van der Waals surface area (Å²) < 4.78 is 2.34. The van der Waals surface area contributed by atoms with Crippen LogP contribution in [0.25, 0.3) is 20.4 Å². The first-order chi connectivity index (χ1) is 10.2. The maximum absolute atomic E-state index is 4.59. The molecular formula is C14H8N2S5. The van der Waals surface area contributed by atoms with E-state index in [1.165, 1.54) is 9.40 Å². The van der Waals surface area contributed by atoms with Crippen LogP contribution in [-0.2, 0) is 0 Å². The minimum atomic E-state index is 0.929. The van der Waals surface area contributed by atoms with Crippen molar-refractivity contribution in [1.29, 1.82) is 0 Å². The summed E-state index contributed by atoms with van der Waals surface area (Å²) in [5, 5.41) is 0. The summed E-state index contributed by atoms with van der Waals surface area (Å²) in [6.07, 6.45) is 0. The van der Waals surface area contributed by atoms with Gasteiger partial charge in [0.05, 0.1) is 41.2 Å². The lowest BCUT2D eigenvalue weighted by Gasteiger charge is -2.09. The molecule has 0 saturated heterocycles. The lowest BCUT2D eigenvalue weighted by atomic mass is 10.3. The van der Waals surface area contributed by atoms with Crippen molar-refractivity contribution in [2.24, 2.45) is 0 Å². The minimum Gasteiger partial charge on any atom is -0.243 e. The SMILES string of the molecule is Sc1ccc2scnc2c1Sc1c(S)ccc2scnc12.